The Hall–Kier alpha value is -1.24. The molecule has 6 heteroatoms. The van der Waals surface area contributed by atoms with Gasteiger partial charge in [0.05, 0.1) is 5.60 Å². The van der Waals surface area contributed by atoms with Gasteiger partial charge in [-0.25, -0.2) is 8.78 Å². The number of aliphatic hydroxyl groups is 1. The molecule has 1 aliphatic rings. The molecule has 1 atom stereocenters. The number of nitrogens with one attached hydrogen (secondary N) is 1. The fourth-order valence-electron chi connectivity index (χ4n) is 2.14. The summed E-state index contributed by atoms with van der Waals surface area (Å²) in [5, 5.41) is 13.5. The molecule has 0 aromatic heterocycles. The maximum absolute atomic E-state index is 13.0. The van der Waals surface area contributed by atoms with Gasteiger partial charge in [-0.05, 0) is 19.1 Å². The largest absolute Gasteiger partial charge is 0.492 e. The van der Waals surface area contributed by atoms with E-state index in [-0.39, 0.29) is 11.8 Å². The Balaban J connectivity index is 1.74. The van der Waals surface area contributed by atoms with Gasteiger partial charge in [-0.15, -0.1) is 0 Å². The van der Waals surface area contributed by atoms with Gasteiger partial charge in [-0.1, -0.05) is 0 Å². The van der Waals surface area contributed by atoms with Crippen molar-refractivity contribution in [3.8, 4) is 5.75 Å². The van der Waals surface area contributed by atoms with Crippen LogP contribution in [0.5, 0.6) is 5.75 Å². The Labute approximate surface area is 123 Å². The number of hydrogen-bond donors (Lipinski definition) is 2. The molecule has 1 aromatic carbocycles. The summed E-state index contributed by atoms with van der Waals surface area (Å²) in [6.45, 7) is 3.80. The van der Waals surface area contributed by atoms with Crippen molar-refractivity contribution in [1.29, 1.82) is 0 Å². The highest BCUT2D eigenvalue weighted by molar-refractivity contribution is 5.23. The van der Waals surface area contributed by atoms with E-state index in [1.165, 1.54) is 6.07 Å². The third kappa shape index (κ3) is 4.91. The Morgan fingerprint density at radius 2 is 2.05 bits per heavy atom. The Kier molecular flexibility index (Phi) is 5.50. The average Bonchev–Trinajstić information content (AvgIpc) is 2.47. The summed E-state index contributed by atoms with van der Waals surface area (Å²) in [7, 11) is 0. The number of benzene rings is 1. The number of hydrogen-bond acceptors (Lipinski definition) is 4. The zero-order valence-electron chi connectivity index (χ0n) is 12.1. The molecule has 0 saturated carbocycles. The molecule has 21 heavy (non-hydrogen) atoms. The highest BCUT2D eigenvalue weighted by atomic mass is 19.2. The molecule has 118 valence electrons. The molecule has 1 unspecified atom stereocenters. The summed E-state index contributed by atoms with van der Waals surface area (Å²) in [5.74, 6) is -1.53. The molecule has 0 spiro atoms. The molecule has 1 aromatic rings. The fraction of sp³-hybridized carbons (Fsp3) is 0.600. The van der Waals surface area contributed by atoms with Crippen molar-refractivity contribution in [2.45, 2.75) is 31.4 Å². The van der Waals surface area contributed by atoms with Gasteiger partial charge in [0.1, 0.15) is 12.4 Å². The van der Waals surface area contributed by atoms with Crippen LogP contribution < -0.4 is 10.1 Å². The smallest absolute Gasteiger partial charge is 0.162 e. The molecule has 0 bridgehead atoms. The zero-order chi connectivity index (χ0) is 15.3. The SMILES string of the molecule is CC(COc1ccc(F)c(F)c1)NCC1(O)CCOCC1. The lowest BCUT2D eigenvalue weighted by Gasteiger charge is -2.33. The van der Waals surface area contributed by atoms with Gasteiger partial charge in [-0.3, -0.25) is 0 Å². The quantitative estimate of drug-likeness (QED) is 0.842. The van der Waals surface area contributed by atoms with Crippen molar-refractivity contribution in [1.82, 2.24) is 5.32 Å². The second kappa shape index (κ2) is 7.15. The third-order valence-electron chi connectivity index (χ3n) is 3.59. The van der Waals surface area contributed by atoms with E-state index in [9.17, 15) is 13.9 Å². The van der Waals surface area contributed by atoms with E-state index in [0.29, 0.717) is 39.2 Å². The monoisotopic (exact) mass is 301 g/mol. The lowest BCUT2D eigenvalue weighted by atomic mass is 9.94. The van der Waals surface area contributed by atoms with Gasteiger partial charge in [0.15, 0.2) is 11.6 Å². The van der Waals surface area contributed by atoms with Gasteiger partial charge in [0.25, 0.3) is 0 Å². The highest BCUT2D eigenvalue weighted by Gasteiger charge is 2.29. The van der Waals surface area contributed by atoms with Crippen molar-refractivity contribution in [3.63, 3.8) is 0 Å². The second-order valence-corrected chi connectivity index (χ2v) is 5.51. The molecule has 0 radical (unpaired) electrons. The molecule has 1 saturated heterocycles. The van der Waals surface area contributed by atoms with Crippen LogP contribution in [0.3, 0.4) is 0 Å². The summed E-state index contributed by atoms with van der Waals surface area (Å²) in [5.41, 5.74) is -0.742. The van der Waals surface area contributed by atoms with E-state index in [0.717, 1.165) is 12.1 Å². The predicted molar refractivity (Wildman–Crippen MR) is 74.3 cm³/mol. The van der Waals surface area contributed by atoms with Crippen molar-refractivity contribution in [3.05, 3.63) is 29.8 Å². The minimum absolute atomic E-state index is 0.0232. The lowest BCUT2D eigenvalue weighted by Crippen LogP contribution is -2.48. The first-order chi connectivity index (χ1) is 9.98. The Morgan fingerprint density at radius 3 is 2.71 bits per heavy atom. The van der Waals surface area contributed by atoms with Crippen LogP contribution in [0.2, 0.25) is 0 Å². The summed E-state index contributed by atoms with van der Waals surface area (Å²) in [6, 6.07) is 3.42. The third-order valence-corrected chi connectivity index (χ3v) is 3.59. The minimum atomic E-state index is -0.926. The second-order valence-electron chi connectivity index (χ2n) is 5.51. The van der Waals surface area contributed by atoms with Crippen LogP contribution in [-0.2, 0) is 4.74 Å². The zero-order valence-corrected chi connectivity index (χ0v) is 12.1. The van der Waals surface area contributed by atoms with Gasteiger partial charge in [0.2, 0.25) is 0 Å². The van der Waals surface area contributed by atoms with E-state index in [1.807, 2.05) is 6.92 Å². The molecule has 0 amide bonds. The van der Waals surface area contributed by atoms with Crippen LogP contribution in [-0.4, -0.2) is 43.1 Å². The van der Waals surface area contributed by atoms with Gasteiger partial charge in [0, 0.05) is 44.7 Å². The van der Waals surface area contributed by atoms with E-state index in [4.69, 9.17) is 9.47 Å². The van der Waals surface area contributed by atoms with Crippen LogP contribution in [0.25, 0.3) is 0 Å². The van der Waals surface area contributed by atoms with E-state index < -0.39 is 17.2 Å². The number of rotatable bonds is 6. The molecule has 1 fully saturated rings. The number of halogens is 2. The topological polar surface area (TPSA) is 50.7 Å². The molecular formula is C15H21F2NO3. The predicted octanol–water partition coefficient (Wildman–Crippen LogP) is 1.86. The van der Waals surface area contributed by atoms with E-state index in [2.05, 4.69) is 5.32 Å². The normalized spacial score (nSPS) is 19.2. The molecule has 4 nitrogen and oxygen atoms in total. The van der Waals surface area contributed by atoms with Crippen LogP contribution in [0.1, 0.15) is 19.8 Å². The van der Waals surface area contributed by atoms with Crippen LogP contribution in [0.4, 0.5) is 8.78 Å². The minimum Gasteiger partial charge on any atom is -0.492 e. The highest BCUT2D eigenvalue weighted by Crippen LogP contribution is 2.19. The first kappa shape index (κ1) is 16.1. The lowest BCUT2D eigenvalue weighted by molar-refractivity contribution is -0.0629. The molecule has 1 heterocycles. The molecule has 1 aliphatic heterocycles. The molecule has 2 N–H and O–H groups in total. The molecule has 0 aliphatic carbocycles. The van der Waals surface area contributed by atoms with Crippen molar-refractivity contribution < 1.29 is 23.4 Å². The summed E-state index contributed by atoms with van der Waals surface area (Å²) in [6.07, 6.45) is 1.22. The molecular weight excluding hydrogens is 280 g/mol. The number of ether oxygens (including phenoxy) is 2. The van der Waals surface area contributed by atoms with Crippen LogP contribution >= 0.6 is 0 Å². The van der Waals surface area contributed by atoms with E-state index in [1.54, 1.807) is 0 Å². The van der Waals surface area contributed by atoms with Crippen LogP contribution in [0, 0.1) is 11.6 Å². The first-order valence-corrected chi connectivity index (χ1v) is 7.10. The van der Waals surface area contributed by atoms with Crippen molar-refractivity contribution in [2.24, 2.45) is 0 Å². The van der Waals surface area contributed by atoms with Gasteiger partial charge in [-0.2, -0.15) is 0 Å². The average molecular weight is 301 g/mol. The summed E-state index contributed by atoms with van der Waals surface area (Å²) >= 11 is 0. The summed E-state index contributed by atoms with van der Waals surface area (Å²) in [4.78, 5) is 0. The molecule has 2 rings (SSSR count). The van der Waals surface area contributed by atoms with Crippen molar-refractivity contribution in [2.75, 3.05) is 26.4 Å². The van der Waals surface area contributed by atoms with Gasteiger partial charge < -0.3 is 19.9 Å². The standard InChI is InChI=1S/C15H21F2NO3/c1-11(18-10-15(19)4-6-20-7-5-15)9-21-12-2-3-13(16)14(17)8-12/h2-3,8,11,18-19H,4-7,9-10H2,1H3. The first-order valence-electron chi connectivity index (χ1n) is 7.10. The van der Waals surface area contributed by atoms with E-state index >= 15 is 0 Å². The van der Waals surface area contributed by atoms with Crippen LogP contribution in [0.15, 0.2) is 18.2 Å². The van der Waals surface area contributed by atoms with Gasteiger partial charge >= 0.3 is 0 Å². The summed E-state index contributed by atoms with van der Waals surface area (Å²) < 4.78 is 36.4. The van der Waals surface area contributed by atoms with Crippen molar-refractivity contribution >= 4 is 0 Å². The Bertz CT molecular complexity index is 464. The Morgan fingerprint density at radius 1 is 1.33 bits per heavy atom. The maximum Gasteiger partial charge on any atom is 0.162 e. The maximum atomic E-state index is 13.0. The fourth-order valence-corrected chi connectivity index (χ4v) is 2.14.